The van der Waals surface area contributed by atoms with Crippen LogP contribution in [0.3, 0.4) is 0 Å². The minimum atomic E-state index is -0.884. The zero-order valence-corrected chi connectivity index (χ0v) is 29.2. The Bertz CT molecular complexity index is 1900. The highest BCUT2D eigenvalue weighted by Gasteiger charge is 2.53. The van der Waals surface area contributed by atoms with Gasteiger partial charge in [-0.05, 0) is 39.4 Å². The number of fused-ring (bicyclic) bond motifs is 2. The molecule has 1 unspecified atom stereocenters. The molecule has 2 aliphatic rings. The van der Waals surface area contributed by atoms with Crippen LogP contribution in [0.15, 0.2) is 133 Å². The molecule has 0 radical (unpaired) electrons. The van der Waals surface area contributed by atoms with Crippen molar-refractivity contribution in [1.82, 2.24) is 4.90 Å². The Morgan fingerprint density at radius 1 is 0.731 bits per heavy atom. The van der Waals surface area contributed by atoms with Crippen LogP contribution in [0.4, 0.5) is 0 Å². The van der Waals surface area contributed by atoms with E-state index in [0.29, 0.717) is 25.9 Å². The third-order valence-corrected chi connectivity index (χ3v) is 9.98. The van der Waals surface area contributed by atoms with Gasteiger partial charge in [-0.2, -0.15) is 0 Å². The van der Waals surface area contributed by atoms with Crippen LogP contribution in [0.1, 0.15) is 35.1 Å². The summed E-state index contributed by atoms with van der Waals surface area (Å²) in [5, 5.41) is 12.7. The van der Waals surface area contributed by atoms with Crippen molar-refractivity contribution in [2.45, 2.75) is 75.5 Å². The third kappa shape index (κ3) is 8.77. The minimum Gasteiger partial charge on any atom is -0.457 e. The van der Waals surface area contributed by atoms with E-state index in [-0.39, 0.29) is 38.1 Å². The lowest BCUT2D eigenvalue weighted by Crippen LogP contribution is -2.59. The molecule has 2 heterocycles. The Labute approximate surface area is 304 Å². The molecule has 0 saturated carbocycles. The lowest BCUT2D eigenvalue weighted by Gasteiger charge is -2.42. The van der Waals surface area contributed by atoms with Crippen LogP contribution in [-0.4, -0.2) is 71.7 Å². The van der Waals surface area contributed by atoms with E-state index in [9.17, 15) is 14.7 Å². The molecule has 2 aliphatic heterocycles. The van der Waals surface area contributed by atoms with Gasteiger partial charge >= 0.3 is 5.97 Å². The first-order valence-electron chi connectivity index (χ1n) is 18.1. The molecule has 8 nitrogen and oxygen atoms in total. The largest absolute Gasteiger partial charge is 0.457 e. The molecule has 6 atom stereocenters. The highest BCUT2D eigenvalue weighted by Crippen LogP contribution is 2.37. The van der Waals surface area contributed by atoms with Gasteiger partial charge in [0.1, 0.15) is 18.3 Å². The van der Waals surface area contributed by atoms with Gasteiger partial charge in [-0.15, -0.1) is 0 Å². The number of hydrogen-bond donors (Lipinski definition) is 1. The molecule has 2 saturated heterocycles. The van der Waals surface area contributed by atoms with Crippen LogP contribution in [0.5, 0.6) is 0 Å². The number of rotatable bonds is 14. The maximum Gasteiger partial charge on any atom is 0.306 e. The highest BCUT2D eigenvalue weighted by atomic mass is 16.6. The van der Waals surface area contributed by atoms with Crippen LogP contribution in [0, 0.1) is 0 Å². The molecule has 52 heavy (non-hydrogen) atoms. The molecule has 0 bridgehead atoms. The van der Waals surface area contributed by atoms with E-state index >= 15 is 0 Å². The highest BCUT2D eigenvalue weighted by molar-refractivity contribution is 5.90. The second kappa shape index (κ2) is 17.1. The third-order valence-electron chi connectivity index (χ3n) is 9.98. The summed E-state index contributed by atoms with van der Waals surface area (Å²) in [5.74, 6) is -0.403. The molecule has 7 rings (SSSR count). The quantitative estimate of drug-likeness (QED) is 0.133. The Kier molecular flexibility index (Phi) is 11.7. The summed E-state index contributed by atoms with van der Waals surface area (Å²) in [6.07, 6.45) is -2.29. The molecular weight excluding hydrogens is 654 g/mol. The van der Waals surface area contributed by atoms with E-state index in [1.54, 1.807) is 0 Å². The summed E-state index contributed by atoms with van der Waals surface area (Å²) in [5.41, 5.74) is 3.99. The molecule has 0 aliphatic carbocycles. The summed E-state index contributed by atoms with van der Waals surface area (Å²) in [7, 11) is 0. The fourth-order valence-electron chi connectivity index (χ4n) is 7.37. The predicted octanol–water partition coefficient (Wildman–Crippen LogP) is 6.46. The number of aliphatic hydroxyl groups excluding tert-OH is 1. The van der Waals surface area contributed by atoms with E-state index < -0.39 is 36.5 Å². The lowest BCUT2D eigenvalue weighted by molar-refractivity contribution is -0.243. The van der Waals surface area contributed by atoms with Crippen molar-refractivity contribution < 1.29 is 33.6 Å². The fourth-order valence-corrected chi connectivity index (χ4v) is 7.37. The predicted molar refractivity (Wildman–Crippen MR) is 198 cm³/mol. The maximum absolute atomic E-state index is 14.1. The number of carbonyl (C=O) groups excluding carboxylic acids is 2. The molecule has 8 heteroatoms. The topological polar surface area (TPSA) is 94.5 Å². The molecular formula is C44H45NO7. The summed E-state index contributed by atoms with van der Waals surface area (Å²) < 4.78 is 25.7. The monoisotopic (exact) mass is 699 g/mol. The number of esters is 1. The molecule has 1 N–H and O–H groups in total. The normalized spacial score (nSPS) is 22.5. The average Bonchev–Trinajstić information content (AvgIpc) is 3.59. The molecule has 5 aromatic carbocycles. The van der Waals surface area contributed by atoms with Crippen LogP contribution in [-0.2, 0) is 54.5 Å². The molecule has 0 aromatic heterocycles. The molecule has 5 aromatic rings. The number of hydrogen-bond acceptors (Lipinski definition) is 7. The molecule has 268 valence electrons. The summed E-state index contributed by atoms with van der Waals surface area (Å²) in [6, 6.07) is 43.7. The number of carbonyl (C=O) groups is 2. The number of benzene rings is 5. The summed E-state index contributed by atoms with van der Waals surface area (Å²) in [4.78, 5) is 29.3. The van der Waals surface area contributed by atoms with Gasteiger partial charge in [0.15, 0.2) is 6.10 Å². The van der Waals surface area contributed by atoms with Crippen LogP contribution in [0.25, 0.3) is 10.8 Å². The van der Waals surface area contributed by atoms with Crippen LogP contribution in [0.2, 0.25) is 0 Å². The minimum absolute atomic E-state index is 0.00469. The van der Waals surface area contributed by atoms with Crippen molar-refractivity contribution in [2.24, 2.45) is 0 Å². The number of amides is 1. The Hall–Kier alpha value is -4.86. The first-order valence-corrected chi connectivity index (χ1v) is 18.1. The van der Waals surface area contributed by atoms with Gasteiger partial charge in [-0.1, -0.05) is 133 Å². The van der Waals surface area contributed by atoms with Gasteiger partial charge in [0.2, 0.25) is 5.91 Å². The fraction of sp³-hybridized carbons (Fsp3) is 0.318. The first-order chi connectivity index (χ1) is 25.5. The van der Waals surface area contributed by atoms with Crippen molar-refractivity contribution >= 4 is 22.6 Å². The van der Waals surface area contributed by atoms with E-state index in [2.05, 4.69) is 18.2 Å². The van der Waals surface area contributed by atoms with E-state index in [0.717, 1.165) is 33.0 Å². The van der Waals surface area contributed by atoms with Crippen LogP contribution >= 0.6 is 0 Å². The van der Waals surface area contributed by atoms with Crippen LogP contribution < -0.4 is 0 Å². The zero-order valence-electron chi connectivity index (χ0n) is 29.2. The van der Waals surface area contributed by atoms with Gasteiger partial charge < -0.3 is 29.0 Å². The number of ether oxygens (including phenoxy) is 4. The van der Waals surface area contributed by atoms with Gasteiger partial charge in [0.05, 0.1) is 31.8 Å². The van der Waals surface area contributed by atoms with Gasteiger partial charge in [0.25, 0.3) is 0 Å². The second-order valence-corrected chi connectivity index (χ2v) is 13.6. The lowest BCUT2D eigenvalue weighted by atomic mass is 9.94. The average molecular weight is 700 g/mol. The van der Waals surface area contributed by atoms with Gasteiger partial charge in [0, 0.05) is 25.9 Å². The van der Waals surface area contributed by atoms with Crippen molar-refractivity contribution in [3.63, 3.8) is 0 Å². The van der Waals surface area contributed by atoms with E-state index in [1.165, 1.54) is 0 Å². The summed E-state index contributed by atoms with van der Waals surface area (Å²) in [6.45, 7) is 0.683. The number of aryl methyl sites for hydroxylation is 1. The number of aliphatic hydroxyl groups is 1. The van der Waals surface area contributed by atoms with Crippen molar-refractivity contribution in [2.75, 3.05) is 13.2 Å². The molecule has 0 spiro atoms. The number of nitrogens with zero attached hydrogens (tertiary/aromatic N) is 1. The van der Waals surface area contributed by atoms with Crippen molar-refractivity contribution in [1.29, 1.82) is 0 Å². The smallest absolute Gasteiger partial charge is 0.306 e. The SMILES string of the molecule is O=C(CCc1ccccc1)O[C@H]1[C@H](OCc2ccccc2)[C@H]2OC(CN(Cc3ccccc3)C(=O)Cc3cccc4ccccc34)C[C@H]2O[C@@H]1CO. The van der Waals surface area contributed by atoms with Crippen molar-refractivity contribution in [3.05, 3.63) is 156 Å². The standard InChI is InChI=1S/C44H45NO7/c46-29-39-43(52-41(48)24-23-31-13-4-1-5-14-31)44(49-30-33-17-8-3-9-18-33)42-38(51-39)26-36(50-42)28-45(27-32-15-6-2-7-16-32)40(47)25-35-21-12-20-34-19-10-11-22-37(34)35/h1-22,36,38-39,42-44,46H,23-30H2/t36?,38-,39-,42+,43-,44-/m1/s1. The van der Waals surface area contributed by atoms with E-state index in [4.69, 9.17) is 18.9 Å². The zero-order chi connectivity index (χ0) is 35.7. The second-order valence-electron chi connectivity index (χ2n) is 13.6. The van der Waals surface area contributed by atoms with Gasteiger partial charge in [-0.3, -0.25) is 9.59 Å². The Morgan fingerprint density at radius 3 is 2.12 bits per heavy atom. The maximum atomic E-state index is 14.1. The van der Waals surface area contributed by atoms with E-state index in [1.807, 2.05) is 120 Å². The van der Waals surface area contributed by atoms with Crippen molar-refractivity contribution in [3.8, 4) is 0 Å². The Morgan fingerprint density at radius 2 is 1.38 bits per heavy atom. The van der Waals surface area contributed by atoms with Gasteiger partial charge in [-0.25, -0.2) is 0 Å². The molecule has 2 fully saturated rings. The summed E-state index contributed by atoms with van der Waals surface area (Å²) >= 11 is 0. The molecule has 1 amide bonds. The Balaban J connectivity index is 1.10. The first kappa shape index (κ1) is 35.5.